The van der Waals surface area contributed by atoms with Crippen LogP contribution in [0, 0.1) is 11.8 Å². The van der Waals surface area contributed by atoms with E-state index in [0.29, 0.717) is 0 Å². The van der Waals surface area contributed by atoms with E-state index in [1.54, 1.807) is 0 Å². The van der Waals surface area contributed by atoms with Crippen molar-refractivity contribution in [3.8, 4) is 11.8 Å². The second-order valence-electron chi connectivity index (χ2n) is 6.24. The number of aliphatic hydroxyl groups is 1. The lowest BCUT2D eigenvalue weighted by Gasteiger charge is -2.24. The standard InChI is InChI=1S/C22H20O/c23-15-4-2-1-3-6-16-9-10-19-12-11-17-7-5-8-18-13-14-20(16)22(19)21(17)18/h5,7-9,12-14,23H,1-2,4,10-11,15H2. The van der Waals surface area contributed by atoms with Crippen LogP contribution in [-0.2, 0) is 6.42 Å². The molecule has 0 saturated heterocycles. The lowest BCUT2D eigenvalue weighted by atomic mass is 9.79. The Bertz CT molecular complexity index is 887. The number of aliphatic hydroxyl groups excluding tert-OH is 1. The van der Waals surface area contributed by atoms with Gasteiger partial charge in [0.15, 0.2) is 0 Å². The van der Waals surface area contributed by atoms with Crippen molar-refractivity contribution >= 4 is 21.9 Å². The molecule has 23 heavy (non-hydrogen) atoms. The molecule has 2 aliphatic carbocycles. The Balaban J connectivity index is 1.76. The Labute approximate surface area is 137 Å². The maximum Gasteiger partial charge on any atom is 0.0431 e. The smallest absolute Gasteiger partial charge is 0.0431 e. The van der Waals surface area contributed by atoms with Gasteiger partial charge in [-0.15, -0.1) is 0 Å². The fraction of sp³-hybridized carbons (Fsp3) is 0.273. The molecule has 1 N–H and O–H groups in total. The van der Waals surface area contributed by atoms with Crippen LogP contribution in [0.5, 0.6) is 0 Å². The molecule has 0 bridgehead atoms. The van der Waals surface area contributed by atoms with Crippen LogP contribution >= 0.6 is 0 Å². The number of allylic oxidation sites excluding steroid dienone is 4. The van der Waals surface area contributed by atoms with E-state index >= 15 is 0 Å². The van der Waals surface area contributed by atoms with Crippen molar-refractivity contribution in [3.05, 3.63) is 59.2 Å². The average Bonchev–Trinajstić information content (AvgIpc) is 2.60. The summed E-state index contributed by atoms with van der Waals surface area (Å²) in [4.78, 5) is 0. The summed E-state index contributed by atoms with van der Waals surface area (Å²) in [5.41, 5.74) is 6.75. The number of benzene rings is 2. The number of hydrogen-bond acceptors (Lipinski definition) is 1. The van der Waals surface area contributed by atoms with E-state index < -0.39 is 0 Å². The Morgan fingerprint density at radius 3 is 2.87 bits per heavy atom. The Morgan fingerprint density at radius 2 is 1.96 bits per heavy atom. The highest BCUT2D eigenvalue weighted by molar-refractivity contribution is 6.05. The van der Waals surface area contributed by atoms with Crippen molar-refractivity contribution in [2.24, 2.45) is 0 Å². The van der Waals surface area contributed by atoms with Crippen LogP contribution in [0.3, 0.4) is 0 Å². The van der Waals surface area contributed by atoms with Crippen LogP contribution in [0.2, 0.25) is 0 Å². The van der Waals surface area contributed by atoms with Crippen molar-refractivity contribution in [1.82, 2.24) is 0 Å². The highest BCUT2D eigenvalue weighted by Gasteiger charge is 2.22. The second-order valence-corrected chi connectivity index (χ2v) is 6.24. The fourth-order valence-electron chi connectivity index (χ4n) is 3.63. The minimum Gasteiger partial charge on any atom is -0.396 e. The van der Waals surface area contributed by atoms with Crippen molar-refractivity contribution in [1.29, 1.82) is 0 Å². The summed E-state index contributed by atoms with van der Waals surface area (Å²) in [6.07, 6.45) is 9.34. The van der Waals surface area contributed by atoms with Crippen molar-refractivity contribution in [2.75, 3.05) is 6.61 Å². The minimum absolute atomic E-state index is 0.260. The molecule has 0 spiro atoms. The van der Waals surface area contributed by atoms with Crippen LogP contribution in [0.25, 0.3) is 21.9 Å². The van der Waals surface area contributed by atoms with E-state index in [4.69, 9.17) is 5.11 Å². The summed E-state index contributed by atoms with van der Waals surface area (Å²) in [6, 6.07) is 11.1. The molecule has 2 aliphatic rings. The van der Waals surface area contributed by atoms with Crippen molar-refractivity contribution < 1.29 is 5.11 Å². The normalized spacial score (nSPS) is 14.8. The Kier molecular flexibility index (Phi) is 3.77. The molecule has 1 heteroatoms. The first-order valence-electron chi connectivity index (χ1n) is 8.43. The van der Waals surface area contributed by atoms with Crippen LogP contribution in [0.1, 0.15) is 42.4 Å². The maximum atomic E-state index is 8.84. The minimum atomic E-state index is 0.260. The summed E-state index contributed by atoms with van der Waals surface area (Å²) in [7, 11) is 0. The summed E-state index contributed by atoms with van der Waals surface area (Å²) in [5.74, 6) is 6.65. The van der Waals surface area contributed by atoms with Crippen molar-refractivity contribution in [3.63, 3.8) is 0 Å². The third-order valence-corrected chi connectivity index (χ3v) is 4.77. The molecule has 0 radical (unpaired) electrons. The van der Waals surface area contributed by atoms with E-state index in [-0.39, 0.29) is 6.61 Å². The zero-order valence-electron chi connectivity index (χ0n) is 13.2. The van der Waals surface area contributed by atoms with E-state index in [0.717, 1.165) is 32.1 Å². The van der Waals surface area contributed by atoms with Gasteiger partial charge in [-0.05, 0) is 58.7 Å². The first-order chi connectivity index (χ1) is 11.4. The van der Waals surface area contributed by atoms with E-state index in [9.17, 15) is 0 Å². The third-order valence-electron chi connectivity index (χ3n) is 4.77. The quantitative estimate of drug-likeness (QED) is 0.641. The predicted octanol–water partition coefficient (Wildman–Crippen LogP) is 4.73. The molecule has 0 aromatic heterocycles. The summed E-state index contributed by atoms with van der Waals surface area (Å²) in [5, 5.41) is 11.6. The van der Waals surface area contributed by atoms with Crippen LogP contribution < -0.4 is 0 Å². The zero-order valence-corrected chi connectivity index (χ0v) is 13.2. The van der Waals surface area contributed by atoms with E-state index in [1.807, 2.05) is 0 Å². The van der Waals surface area contributed by atoms with Crippen LogP contribution in [-0.4, -0.2) is 11.7 Å². The van der Waals surface area contributed by atoms with Gasteiger partial charge < -0.3 is 5.11 Å². The molecule has 2 aromatic carbocycles. The maximum absolute atomic E-state index is 8.84. The van der Waals surface area contributed by atoms with E-state index in [2.05, 4.69) is 54.3 Å². The molecule has 0 aliphatic heterocycles. The average molecular weight is 300 g/mol. The molecule has 0 unspecified atom stereocenters. The topological polar surface area (TPSA) is 20.2 Å². The monoisotopic (exact) mass is 300 g/mol. The third kappa shape index (κ3) is 2.50. The van der Waals surface area contributed by atoms with E-state index in [1.165, 1.54) is 38.6 Å². The first kappa shape index (κ1) is 14.3. The van der Waals surface area contributed by atoms with Gasteiger partial charge in [0.1, 0.15) is 0 Å². The van der Waals surface area contributed by atoms with Crippen LogP contribution in [0.4, 0.5) is 0 Å². The number of rotatable bonds is 3. The van der Waals surface area contributed by atoms with Gasteiger partial charge in [-0.2, -0.15) is 0 Å². The molecular weight excluding hydrogens is 280 g/mol. The van der Waals surface area contributed by atoms with Crippen LogP contribution in [0.15, 0.2) is 42.5 Å². The van der Waals surface area contributed by atoms with Gasteiger partial charge in [0.05, 0.1) is 0 Å². The molecule has 0 saturated carbocycles. The molecule has 0 fully saturated rings. The van der Waals surface area contributed by atoms with Gasteiger partial charge in [0.2, 0.25) is 0 Å². The molecule has 2 aromatic rings. The first-order valence-corrected chi connectivity index (χ1v) is 8.43. The summed E-state index contributed by atoms with van der Waals surface area (Å²) in [6.45, 7) is 0.260. The highest BCUT2D eigenvalue weighted by atomic mass is 16.2. The SMILES string of the molecule is OCCCCC#CC1=CCC2=CCc3cccc4ccc1c2c34. The molecule has 1 nitrogen and oxygen atoms in total. The largest absolute Gasteiger partial charge is 0.396 e. The van der Waals surface area contributed by atoms with Gasteiger partial charge in [0, 0.05) is 18.6 Å². The molecule has 114 valence electrons. The van der Waals surface area contributed by atoms with Gasteiger partial charge in [-0.25, -0.2) is 0 Å². The lowest BCUT2D eigenvalue weighted by Crippen LogP contribution is -2.05. The summed E-state index contributed by atoms with van der Waals surface area (Å²) < 4.78 is 0. The molecule has 0 heterocycles. The van der Waals surface area contributed by atoms with Gasteiger partial charge in [0.25, 0.3) is 0 Å². The molecular formula is C22H20O. The van der Waals surface area contributed by atoms with Crippen molar-refractivity contribution in [2.45, 2.75) is 32.1 Å². The zero-order chi connectivity index (χ0) is 15.6. The highest BCUT2D eigenvalue weighted by Crippen LogP contribution is 2.42. The fourth-order valence-corrected chi connectivity index (χ4v) is 3.63. The predicted molar refractivity (Wildman–Crippen MR) is 96.9 cm³/mol. The molecule has 0 atom stereocenters. The number of unbranched alkanes of at least 4 members (excludes halogenated alkanes) is 2. The number of hydrogen-bond donors (Lipinski definition) is 1. The Hall–Kier alpha value is -2.30. The molecule has 4 rings (SSSR count). The second kappa shape index (κ2) is 6.07. The van der Waals surface area contributed by atoms with Gasteiger partial charge >= 0.3 is 0 Å². The Morgan fingerprint density at radius 1 is 1.00 bits per heavy atom. The van der Waals surface area contributed by atoms with Gasteiger partial charge in [-0.1, -0.05) is 54.3 Å². The molecule has 0 amide bonds. The summed E-state index contributed by atoms with van der Waals surface area (Å²) >= 11 is 0. The lowest BCUT2D eigenvalue weighted by molar-refractivity contribution is 0.285. The van der Waals surface area contributed by atoms with Gasteiger partial charge in [-0.3, -0.25) is 0 Å².